The SMILES string of the molecule is Cc1ccc(-c2cccc(C(=O)NC(C)c3cnccn3)c2NCC(=O)C2CCCC2)cc1. The third kappa shape index (κ3) is 5.45. The first kappa shape index (κ1) is 22.6. The molecule has 33 heavy (non-hydrogen) atoms. The summed E-state index contributed by atoms with van der Waals surface area (Å²) in [6, 6.07) is 13.5. The Kier molecular flexibility index (Phi) is 7.13. The lowest BCUT2D eigenvalue weighted by atomic mass is 9.97. The lowest BCUT2D eigenvalue weighted by Gasteiger charge is -2.19. The van der Waals surface area contributed by atoms with Gasteiger partial charge in [0.2, 0.25) is 0 Å². The van der Waals surface area contributed by atoms with E-state index in [-0.39, 0.29) is 30.2 Å². The van der Waals surface area contributed by atoms with Gasteiger partial charge in [0.15, 0.2) is 5.78 Å². The van der Waals surface area contributed by atoms with Crippen LogP contribution in [0.15, 0.2) is 61.1 Å². The molecule has 0 radical (unpaired) electrons. The number of para-hydroxylation sites is 1. The molecule has 3 aromatic rings. The topological polar surface area (TPSA) is 84.0 Å². The predicted octanol–water partition coefficient (Wildman–Crippen LogP) is 5.11. The molecule has 1 fully saturated rings. The molecule has 1 unspecified atom stereocenters. The van der Waals surface area contributed by atoms with Crippen molar-refractivity contribution in [1.82, 2.24) is 15.3 Å². The summed E-state index contributed by atoms with van der Waals surface area (Å²) in [7, 11) is 0. The molecule has 4 rings (SSSR count). The van der Waals surface area contributed by atoms with E-state index in [0.717, 1.165) is 42.4 Å². The van der Waals surface area contributed by atoms with Gasteiger partial charge in [-0.05, 0) is 38.3 Å². The number of aromatic nitrogens is 2. The molecule has 1 heterocycles. The molecule has 0 aliphatic heterocycles. The van der Waals surface area contributed by atoms with E-state index >= 15 is 0 Å². The molecular weight excluding hydrogens is 412 g/mol. The van der Waals surface area contributed by atoms with E-state index in [1.807, 2.05) is 50.2 Å². The number of Topliss-reactive ketones (excluding diaryl/α,β-unsaturated/α-hetero) is 1. The van der Waals surface area contributed by atoms with Crippen LogP contribution < -0.4 is 10.6 Å². The van der Waals surface area contributed by atoms with Gasteiger partial charge in [-0.1, -0.05) is 54.8 Å². The van der Waals surface area contributed by atoms with Gasteiger partial charge in [-0.2, -0.15) is 0 Å². The van der Waals surface area contributed by atoms with Crippen LogP contribution in [-0.2, 0) is 4.79 Å². The van der Waals surface area contributed by atoms with Crippen molar-refractivity contribution in [3.63, 3.8) is 0 Å². The highest BCUT2D eigenvalue weighted by atomic mass is 16.1. The zero-order valence-corrected chi connectivity index (χ0v) is 19.2. The van der Waals surface area contributed by atoms with E-state index in [9.17, 15) is 9.59 Å². The summed E-state index contributed by atoms with van der Waals surface area (Å²) in [5.41, 5.74) is 4.92. The predicted molar refractivity (Wildman–Crippen MR) is 130 cm³/mol. The average Bonchev–Trinajstić information content (AvgIpc) is 3.38. The number of ketones is 1. The largest absolute Gasteiger partial charge is 0.377 e. The number of carbonyl (C=O) groups is 2. The molecule has 170 valence electrons. The van der Waals surface area contributed by atoms with Crippen molar-refractivity contribution in [2.24, 2.45) is 5.92 Å². The number of rotatable bonds is 8. The summed E-state index contributed by atoms with van der Waals surface area (Å²) < 4.78 is 0. The standard InChI is InChI=1S/C27H30N4O2/c1-18-10-12-20(13-11-18)22-8-5-9-23(26(22)30-17-25(32)21-6-3-4-7-21)27(33)31-19(2)24-16-28-14-15-29-24/h5,8-16,19,21,30H,3-4,6-7,17H2,1-2H3,(H,31,33). The van der Waals surface area contributed by atoms with Gasteiger partial charge in [-0.3, -0.25) is 19.6 Å². The Morgan fingerprint density at radius 2 is 1.82 bits per heavy atom. The molecule has 1 saturated carbocycles. The number of hydrogen-bond acceptors (Lipinski definition) is 5. The highest BCUT2D eigenvalue weighted by Crippen LogP contribution is 2.32. The molecule has 1 atom stereocenters. The zero-order valence-electron chi connectivity index (χ0n) is 19.2. The molecule has 2 aromatic carbocycles. The highest BCUT2D eigenvalue weighted by molar-refractivity contribution is 6.04. The fraction of sp³-hybridized carbons (Fsp3) is 0.333. The van der Waals surface area contributed by atoms with Gasteiger partial charge >= 0.3 is 0 Å². The summed E-state index contributed by atoms with van der Waals surface area (Å²) in [5, 5.41) is 6.34. The second-order valence-electron chi connectivity index (χ2n) is 8.72. The van der Waals surface area contributed by atoms with Gasteiger partial charge in [0.25, 0.3) is 5.91 Å². The molecule has 6 nitrogen and oxygen atoms in total. The molecule has 1 amide bonds. The number of nitrogens with one attached hydrogen (secondary N) is 2. The Balaban J connectivity index is 1.63. The number of hydrogen-bond donors (Lipinski definition) is 2. The van der Waals surface area contributed by atoms with E-state index in [2.05, 4.69) is 20.6 Å². The van der Waals surface area contributed by atoms with Gasteiger partial charge in [0.05, 0.1) is 35.7 Å². The number of anilines is 1. The van der Waals surface area contributed by atoms with Crippen LogP contribution in [0.1, 0.15) is 60.3 Å². The second kappa shape index (κ2) is 10.4. The maximum Gasteiger partial charge on any atom is 0.253 e. The third-order valence-corrected chi connectivity index (χ3v) is 6.30. The number of carbonyl (C=O) groups excluding carboxylic acids is 2. The van der Waals surface area contributed by atoms with E-state index in [4.69, 9.17) is 0 Å². The van der Waals surface area contributed by atoms with Crippen LogP contribution >= 0.6 is 0 Å². The molecule has 0 spiro atoms. The van der Waals surface area contributed by atoms with E-state index < -0.39 is 0 Å². The first-order valence-corrected chi connectivity index (χ1v) is 11.6. The van der Waals surface area contributed by atoms with Gasteiger partial charge in [-0.15, -0.1) is 0 Å². The minimum atomic E-state index is -0.304. The third-order valence-electron chi connectivity index (χ3n) is 6.30. The van der Waals surface area contributed by atoms with Crippen molar-refractivity contribution < 1.29 is 9.59 Å². The smallest absolute Gasteiger partial charge is 0.253 e. The van der Waals surface area contributed by atoms with Crippen molar-refractivity contribution in [2.45, 2.75) is 45.6 Å². The molecule has 0 bridgehead atoms. The molecular formula is C27H30N4O2. The Hall–Kier alpha value is -3.54. The van der Waals surface area contributed by atoms with Crippen LogP contribution in [0.25, 0.3) is 11.1 Å². The summed E-state index contributed by atoms with van der Waals surface area (Å²) in [4.78, 5) is 34.5. The molecule has 2 N–H and O–H groups in total. The number of amides is 1. The summed E-state index contributed by atoms with van der Waals surface area (Å²) in [6.45, 7) is 4.14. The first-order valence-electron chi connectivity index (χ1n) is 11.6. The lowest BCUT2D eigenvalue weighted by molar-refractivity contribution is -0.120. The van der Waals surface area contributed by atoms with E-state index in [1.54, 1.807) is 24.7 Å². The quantitative estimate of drug-likeness (QED) is 0.506. The fourth-order valence-electron chi connectivity index (χ4n) is 4.36. The van der Waals surface area contributed by atoms with Crippen molar-refractivity contribution in [1.29, 1.82) is 0 Å². The normalized spacial score (nSPS) is 14.6. The van der Waals surface area contributed by atoms with Crippen LogP contribution in [-0.4, -0.2) is 28.2 Å². The minimum Gasteiger partial charge on any atom is -0.377 e. The monoisotopic (exact) mass is 442 g/mol. The zero-order chi connectivity index (χ0) is 23.2. The maximum absolute atomic E-state index is 13.3. The molecule has 1 aliphatic carbocycles. The number of benzene rings is 2. The van der Waals surface area contributed by atoms with Crippen molar-refractivity contribution in [3.05, 3.63) is 77.9 Å². The van der Waals surface area contributed by atoms with Crippen LogP contribution in [0.2, 0.25) is 0 Å². The summed E-state index contributed by atoms with van der Waals surface area (Å²) in [6.07, 6.45) is 9.01. The number of nitrogens with zero attached hydrogens (tertiary/aromatic N) is 2. The van der Waals surface area contributed by atoms with Crippen molar-refractivity contribution in [2.75, 3.05) is 11.9 Å². The highest BCUT2D eigenvalue weighted by Gasteiger charge is 2.24. The van der Waals surface area contributed by atoms with Gasteiger partial charge in [-0.25, -0.2) is 0 Å². The number of aryl methyl sites for hydroxylation is 1. The average molecular weight is 443 g/mol. The van der Waals surface area contributed by atoms with Crippen LogP contribution in [0, 0.1) is 12.8 Å². The van der Waals surface area contributed by atoms with Crippen LogP contribution in [0.4, 0.5) is 5.69 Å². The fourth-order valence-corrected chi connectivity index (χ4v) is 4.36. The van der Waals surface area contributed by atoms with Crippen LogP contribution in [0.5, 0.6) is 0 Å². The van der Waals surface area contributed by atoms with Crippen molar-refractivity contribution in [3.8, 4) is 11.1 Å². The van der Waals surface area contributed by atoms with Crippen LogP contribution in [0.3, 0.4) is 0 Å². The van der Waals surface area contributed by atoms with E-state index in [1.165, 1.54) is 0 Å². The molecule has 6 heteroatoms. The summed E-state index contributed by atoms with van der Waals surface area (Å²) in [5.74, 6) is 0.112. The first-order chi connectivity index (χ1) is 16.0. The van der Waals surface area contributed by atoms with Gasteiger partial charge in [0, 0.05) is 23.9 Å². The van der Waals surface area contributed by atoms with Gasteiger partial charge in [0.1, 0.15) is 0 Å². The second-order valence-corrected chi connectivity index (χ2v) is 8.72. The minimum absolute atomic E-state index is 0.123. The Bertz CT molecular complexity index is 1110. The van der Waals surface area contributed by atoms with E-state index in [0.29, 0.717) is 16.9 Å². The Morgan fingerprint density at radius 1 is 1.06 bits per heavy atom. The van der Waals surface area contributed by atoms with Gasteiger partial charge < -0.3 is 10.6 Å². The Morgan fingerprint density at radius 3 is 2.52 bits per heavy atom. The molecule has 0 saturated heterocycles. The molecule has 1 aromatic heterocycles. The lowest BCUT2D eigenvalue weighted by Crippen LogP contribution is -2.29. The molecule has 1 aliphatic rings. The maximum atomic E-state index is 13.3. The summed E-state index contributed by atoms with van der Waals surface area (Å²) >= 11 is 0. The van der Waals surface area contributed by atoms with Crippen molar-refractivity contribution >= 4 is 17.4 Å². The Labute approximate surface area is 194 Å².